The van der Waals surface area contributed by atoms with Crippen LogP contribution in [0.4, 0.5) is 0 Å². The Kier molecular flexibility index (Phi) is 8.32. The van der Waals surface area contributed by atoms with Crippen molar-refractivity contribution >= 4 is 0 Å². The van der Waals surface area contributed by atoms with Crippen molar-refractivity contribution in [3.8, 4) is 5.75 Å². The predicted octanol–water partition coefficient (Wildman–Crippen LogP) is 3.80. The molecule has 0 amide bonds. The molecular weight excluding hydrogens is 222 g/mol. The Balaban J connectivity index is 2.14. The van der Waals surface area contributed by atoms with E-state index in [-0.39, 0.29) is 0 Å². The second kappa shape index (κ2) is 9.95. The Labute approximate surface area is 112 Å². The summed E-state index contributed by atoms with van der Waals surface area (Å²) in [7, 11) is 2.00. The highest BCUT2D eigenvalue weighted by atomic mass is 16.5. The van der Waals surface area contributed by atoms with Crippen LogP contribution in [0.25, 0.3) is 0 Å². The van der Waals surface area contributed by atoms with Crippen molar-refractivity contribution in [3.05, 3.63) is 29.8 Å². The number of benzene rings is 1. The Bertz CT molecular complexity index is 294. The summed E-state index contributed by atoms with van der Waals surface area (Å²) in [5.74, 6) is 1.00. The predicted molar refractivity (Wildman–Crippen MR) is 78.3 cm³/mol. The molecule has 0 aromatic heterocycles. The minimum absolute atomic E-state index is 0.831. The van der Waals surface area contributed by atoms with Crippen LogP contribution < -0.4 is 10.1 Å². The van der Waals surface area contributed by atoms with Crippen molar-refractivity contribution in [2.45, 2.75) is 45.4 Å². The van der Waals surface area contributed by atoms with Crippen molar-refractivity contribution in [2.24, 2.45) is 0 Å². The van der Waals surface area contributed by atoms with Crippen LogP contribution in [0.5, 0.6) is 5.75 Å². The van der Waals surface area contributed by atoms with E-state index >= 15 is 0 Å². The molecule has 0 spiro atoms. The normalized spacial score (nSPS) is 10.6. The molecule has 0 radical (unpaired) electrons. The summed E-state index contributed by atoms with van der Waals surface area (Å²) >= 11 is 0. The monoisotopic (exact) mass is 249 g/mol. The van der Waals surface area contributed by atoms with E-state index < -0.39 is 0 Å². The Hall–Kier alpha value is -1.02. The first-order chi connectivity index (χ1) is 8.86. The average molecular weight is 249 g/mol. The molecule has 0 bridgehead atoms. The van der Waals surface area contributed by atoms with E-state index in [4.69, 9.17) is 4.74 Å². The van der Waals surface area contributed by atoms with Crippen molar-refractivity contribution in [1.82, 2.24) is 5.32 Å². The lowest BCUT2D eigenvalue weighted by atomic mass is 10.1. The van der Waals surface area contributed by atoms with Gasteiger partial charge in [0.15, 0.2) is 0 Å². The highest BCUT2D eigenvalue weighted by molar-refractivity contribution is 5.27. The number of ether oxygens (including phenoxy) is 1. The number of rotatable bonds is 10. The first-order valence-electron chi connectivity index (χ1n) is 7.23. The summed E-state index contributed by atoms with van der Waals surface area (Å²) in [6.45, 7) is 4.16. The third kappa shape index (κ3) is 6.65. The molecule has 0 aliphatic rings. The SMILES string of the molecule is CCCCc1ccc(OCCCCCNC)cc1. The summed E-state index contributed by atoms with van der Waals surface area (Å²) in [5, 5.41) is 3.16. The quantitative estimate of drug-likeness (QED) is 0.637. The van der Waals surface area contributed by atoms with Crippen molar-refractivity contribution < 1.29 is 4.74 Å². The summed E-state index contributed by atoms with van der Waals surface area (Å²) in [4.78, 5) is 0. The van der Waals surface area contributed by atoms with Gasteiger partial charge in [0, 0.05) is 0 Å². The van der Waals surface area contributed by atoms with Gasteiger partial charge in [0.05, 0.1) is 6.61 Å². The maximum Gasteiger partial charge on any atom is 0.119 e. The van der Waals surface area contributed by atoms with Crippen LogP contribution in [-0.4, -0.2) is 20.2 Å². The molecule has 18 heavy (non-hydrogen) atoms. The van der Waals surface area contributed by atoms with E-state index in [9.17, 15) is 0 Å². The zero-order valence-electron chi connectivity index (χ0n) is 11.9. The van der Waals surface area contributed by atoms with E-state index in [2.05, 4.69) is 36.5 Å². The van der Waals surface area contributed by atoms with Crippen molar-refractivity contribution in [3.63, 3.8) is 0 Å². The molecule has 0 unspecified atom stereocenters. The van der Waals surface area contributed by atoms with Gasteiger partial charge in [-0.25, -0.2) is 0 Å². The lowest BCUT2D eigenvalue weighted by Crippen LogP contribution is -2.07. The fourth-order valence-electron chi connectivity index (χ4n) is 1.90. The van der Waals surface area contributed by atoms with Gasteiger partial charge in [0.25, 0.3) is 0 Å². The molecule has 1 rings (SSSR count). The zero-order valence-corrected chi connectivity index (χ0v) is 11.9. The van der Waals surface area contributed by atoms with E-state index in [0.717, 1.165) is 25.3 Å². The molecule has 0 aliphatic heterocycles. The van der Waals surface area contributed by atoms with Crippen molar-refractivity contribution in [2.75, 3.05) is 20.2 Å². The second-order valence-corrected chi connectivity index (χ2v) is 4.76. The summed E-state index contributed by atoms with van der Waals surface area (Å²) in [5.41, 5.74) is 1.42. The first kappa shape index (κ1) is 15.0. The molecule has 0 saturated carbocycles. The fraction of sp³-hybridized carbons (Fsp3) is 0.625. The van der Waals surface area contributed by atoms with Gasteiger partial charge >= 0.3 is 0 Å². The molecule has 1 N–H and O–H groups in total. The molecule has 0 saturated heterocycles. The van der Waals surface area contributed by atoms with Gasteiger partial charge in [-0.05, 0) is 63.4 Å². The molecule has 0 fully saturated rings. The van der Waals surface area contributed by atoms with Gasteiger partial charge in [0.1, 0.15) is 5.75 Å². The Morgan fingerprint density at radius 1 is 1.00 bits per heavy atom. The lowest BCUT2D eigenvalue weighted by molar-refractivity contribution is 0.305. The van der Waals surface area contributed by atoms with Crippen LogP contribution in [0, 0.1) is 0 Å². The summed E-state index contributed by atoms with van der Waals surface area (Å²) in [6.07, 6.45) is 7.31. The molecular formula is C16H27NO. The molecule has 0 aliphatic carbocycles. The summed E-state index contributed by atoms with van der Waals surface area (Å²) in [6, 6.07) is 8.56. The van der Waals surface area contributed by atoms with Gasteiger partial charge in [-0.1, -0.05) is 25.5 Å². The summed E-state index contributed by atoms with van der Waals surface area (Å²) < 4.78 is 5.73. The standard InChI is InChI=1S/C16H27NO/c1-3-4-8-15-9-11-16(12-10-15)18-14-7-5-6-13-17-2/h9-12,17H,3-8,13-14H2,1-2H3. The van der Waals surface area contributed by atoms with Crippen LogP contribution in [-0.2, 0) is 6.42 Å². The van der Waals surface area contributed by atoms with Crippen LogP contribution >= 0.6 is 0 Å². The van der Waals surface area contributed by atoms with Crippen LogP contribution in [0.15, 0.2) is 24.3 Å². The molecule has 2 nitrogen and oxygen atoms in total. The number of hydrogen-bond acceptors (Lipinski definition) is 2. The van der Waals surface area contributed by atoms with Gasteiger partial charge in [-0.15, -0.1) is 0 Å². The van der Waals surface area contributed by atoms with E-state index in [0.29, 0.717) is 0 Å². The fourth-order valence-corrected chi connectivity index (χ4v) is 1.90. The zero-order chi connectivity index (χ0) is 13.1. The van der Waals surface area contributed by atoms with Crippen LogP contribution in [0.1, 0.15) is 44.6 Å². The van der Waals surface area contributed by atoms with Crippen LogP contribution in [0.2, 0.25) is 0 Å². The lowest BCUT2D eigenvalue weighted by Gasteiger charge is -2.07. The Morgan fingerprint density at radius 3 is 2.44 bits per heavy atom. The van der Waals surface area contributed by atoms with Gasteiger partial charge in [-0.3, -0.25) is 0 Å². The highest BCUT2D eigenvalue weighted by Gasteiger charge is 1.96. The second-order valence-electron chi connectivity index (χ2n) is 4.76. The van der Waals surface area contributed by atoms with Gasteiger partial charge in [-0.2, -0.15) is 0 Å². The third-order valence-electron chi connectivity index (χ3n) is 3.08. The molecule has 1 aromatic rings. The molecule has 1 aromatic carbocycles. The highest BCUT2D eigenvalue weighted by Crippen LogP contribution is 2.14. The number of unbranched alkanes of at least 4 members (excludes halogenated alkanes) is 3. The van der Waals surface area contributed by atoms with Crippen LogP contribution in [0.3, 0.4) is 0 Å². The van der Waals surface area contributed by atoms with Crippen molar-refractivity contribution in [1.29, 1.82) is 0 Å². The van der Waals surface area contributed by atoms with E-state index in [1.165, 1.54) is 37.7 Å². The number of aryl methyl sites for hydroxylation is 1. The minimum Gasteiger partial charge on any atom is -0.494 e. The topological polar surface area (TPSA) is 21.3 Å². The van der Waals surface area contributed by atoms with Gasteiger partial charge in [0.2, 0.25) is 0 Å². The van der Waals surface area contributed by atoms with Gasteiger partial charge < -0.3 is 10.1 Å². The van der Waals surface area contributed by atoms with E-state index in [1.54, 1.807) is 0 Å². The number of nitrogens with one attached hydrogen (secondary N) is 1. The molecule has 2 heteroatoms. The molecule has 102 valence electrons. The average Bonchev–Trinajstić information content (AvgIpc) is 2.42. The first-order valence-corrected chi connectivity index (χ1v) is 7.23. The molecule has 0 atom stereocenters. The smallest absolute Gasteiger partial charge is 0.119 e. The minimum atomic E-state index is 0.831. The Morgan fingerprint density at radius 2 is 1.78 bits per heavy atom. The third-order valence-corrected chi connectivity index (χ3v) is 3.08. The number of hydrogen-bond donors (Lipinski definition) is 1. The maximum atomic E-state index is 5.73. The largest absolute Gasteiger partial charge is 0.494 e. The maximum absolute atomic E-state index is 5.73. The van der Waals surface area contributed by atoms with E-state index in [1.807, 2.05) is 7.05 Å². The molecule has 0 heterocycles.